The first-order valence-corrected chi connectivity index (χ1v) is 6.53. The summed E-state index contributed by atoms with van der Waals surface area (Å²) in [6.07, 6.45) is -1.93. The van der Waals surface area contributed by atoms with E-state index in [-0.39, 0.29) is 16.3 Å². The molecule has 0 bridgehead atoms. The van der Waals surface area contributed by atoms with Gasteiger partial charge in [-0.1, -0.05) is 35.9 Å². The Hall–Kier alpha value is -2.27. The quantitative estimate of drug-likeness (QED) is 0.639. The number of hydrogen-bond acceptors (Lipinski definition) is 2. The van der Waals surface area contributed by atoms with Crippen molar-refractivity contribution >= 4 is 23.5 Å². The first kappa shape index (κ1) is 16.1. The predicted octanol–water partition coefficient (Wildman–Crippen LogP) is 4.96. The largest absolute Gasteiger partial charge is 0.506 e. The van der Waals surface area contributed by atoms with E-state index in [0.717, 1.165) is 18.2 Å². The molecule has 0 unspecified atom stereocenters. The summed E-state index contributed by atoms with van der Waals surface area (Å²) in [5.74, 6) is -0.654. The second-order valence-corrected chi connectivity index (χ2v) is 4.89. The van der Waals surface area contributed by atoms with Crippen molar-refractivity contribution in [3.8, 4) is 5.75 Å². The molecule has 0 heterocycles. The molecule has 2 aromatic carbocycles. The molecule has 2 rings (SSSR count). The van der Waals surface area contributed by atoms with Crippen molar-refractivity contribution in [3.05, 3.63) is 70.3 Å². The molecule has 0 radical (unpaired) electrons. The van der Waals surface area contributed by atoms with Gasteiger partial charge < -0.3 is 5.11 Å². The van der Waals surface area contributed by atoms with E-state index >= 15 is 0 Å². The monoisotopic (exact) mass is 326 g/mol. The fourth-order valence-corrected chi connectivity index (χ4v) is 1.93. The summed E-state index contributed by atoms with van der Waals surface area (Å²) in [6, 6.07) is 8.52. The average Bonchev–Trinajstić information content (AvgIpc) is 2.47. The van der Waals surface area contributed by atoms with Crippen LogP contribution in [0.15, 0.2) is 48.5 Å². The Bertz CT molecular complexity index is 736. The average molecular weight is 327 g/mol. The van der Waals surface area contributed by atoms with Crippen molar-refractivity contribution in [2.45, 2.75) is 6.18 Å². The minimum Gasteiger partial charge on any atom is -0.506 e. The van der Waals surface area contributed by atoms with Crippen molar-refractivity contribution in [1.82, 2.24) is 0 Å². The zero-order chi connectivity index (χ0) is 16.3. The highest BCUT2D eigenvalue weighted by Gasteiger charge is 2.30. The number of benzene rings is 2. The number of halogens is 4. The molecule has 0 amide bonds. The molecule has 1 N–H and O–H groups in total. The topological polar surface area (TPSA) is 37.3 Å². The third-order valence-electron chi connectivity index (χ3n) is 2.87. The molecule has 0 aliphatic heterocycles. The van der Waals surface area contributed by atoms with Crippen LogP contribution in [0.1, 0.15) is 21.5 Å². The summed E-state index contributed by atoms with van der Waals surface area (Å²) < 4.78 is 37.8. The Morgan fingerprint density at radius 2 is 1.86 bits per heavy atom. The third-order valence-corrected chi connectivity index (χ3v) is 3.18. The fraction of sp³-hybridized carbons (Fsp3) is 0.0625. The number of phenols is 1. The van der Waals surface area contributed by atoms with E-state index in [4.69, 9.17) is 11.6 Å². The number of carbonyl (C=O) groups is 1. The van der Waals surface area contributed by atoms with E-state index in [2.05, 4.69) is 0 Å². The van der Waals surface area contributed by atoms with Crippen LogP contribution in [0.5, 0.6) is 5.75 Å². The van der Waals surface area contributed by atoms with E-state index in [1.54, 1.807) is 0 Å². The molecule has 0 aromatic heterocycles. The Morgan fingerprint density at radius 1 is 1.14 bits per heavy atom. The van der Waals surface area contributed by atoms with Gasteiger partial charge in [0, 0.05) is 5.56 Å². The van der Waals surface area contributed by atoms with Crippen LogP contribution >= 0.6 is 11.6 Å². The van der Waals surface area contributed by atoms with Gasteiger partial charge in [0.05, 0.1) is 10.6 Å². The van der Waals surface area contributed by atoms with Crippen LogP contribution in [0.4, 0.5) is 13.2 Å². The molecule has 0 saturated carbocycles. The highest BCUT2D eigenvalue weighted by atomic mass is 35.5. The lowest BCUT2D eigenvalue weighted by atomic mass is 10.1. The third kappa shape index (κ3) is 3.89. The Labute approximate surface area is 129 Å². The van der Waals surface area contributed by atoms with Gasteiger partial charge in [-0.05, 0) is 35.9 Å². The standard InChI is InChI=1S/C16H10ClF3O2/c17-13-8-10(5-7-15(13)22)4-6-14(21)11-2-1-3-12(9-11)16(18,19)20/h1-9,22H/b6-4+. The van der Waals surface area contributed by atoms with Crippen molar-refractivity contribution in [2.24, 2.45) is 0 Å². The number of hydrogen-bond donors (Lipinski definition) is 1. The maximum Gasteiger partial charge on any atom is 0.416 e. The number of alkyl halides is 3. The molecule has 0 aliphatic rings. The predicted molar refractivity (Wildman–Crippen MR) is 77.9 cm³/mol. The van der Waals surface area contributed by atoms with Gasteiger partial charge in [0.25, 0.3) is 0 Å². The summed E-state index contributed by atoms with van der Waals surface area (Å²) >= 11 is 5.72. The maximum atomic E-state index is 12.6. The Morgan fingerprint density at radius 3 is 2.50 bits per heavy atom. The smallest absolute Gasteiger partial charge is 0.416 e. The van der Waals surface area contributed by atoms with Crippen LogP contribution in [-0.2, 0) is 6.18 Å². The molecular weight excluding hydrogens is 317 g/mol. The molecule has 22 heavy (non-hydrogen) atoms. The minimum atomic E-state index is -4.50. The van der Waals surface area contributed by atoms with Gasteiger partial charge in [0.1, 0.15) is 5.75 Å². The first-order valence-electron chi connectivity index (χ1n) is 6.15. The number of rotatable bonds is 3. The van der Waals surface area contributed by atoms with Crippen molar-refractivity contribution in [2.75, 3.05) is 0 Å². The minimum absolute atomic E-state index is 0.0593. The Balaban J connectivity index is 2.22. The number of aromatic hydroxyl groups is 1. The fourth-order valence-electron chi connectivity index (χ4n) is 1.74. The van der Waals surface area contributed by atoms with Crippen LogP contribution in [0.2, 0.25) is 5.02 Å². The van der Waals surface area contributed by atoms with Crippen LogP contribution < -0.4 is 0 Å². The molecule has 0 aliphatic carbocycles. The van der Waals surface area contributed by atoms with Crippen LogP contribution in [-0.4, -0.2) is 10.9 Å². The molecule has 6 heteroatoms. The molecule has 114 valence electrons. The van der Waals surface area contributed by atoms with Gasteiger partial charge in [0.2, 0.25) is 0 Å². The number of phenolic OH excluding ortho intramolecular Hbond substituents is 1. The molecule has 0 atom stereocenters. The summed E-state index contributed by atoms with van der Waals surface area (Å²) in [4.78, 5) is 11.9. The summed E-state index contributed by atoms with van der Waals surface area (Å²) in [7, 11) is 0. The van der Waals surface area contributed by atoms with E-state index in [1.165, 1.54) is 36.4 Å². The molecular formula is C16H10ClF3O2. The highest BCUT2D eigenvalue weighted by Crippen LogP contribution is 2.29. The van der Waals surface area contributed by atoms with Crippen molar-refractivity contribution < 1.29 is 23.1 Å². The van der Waals surface area contributed by atoms with Crippen LogP contribution in [0, 0.1) is 0 Å². The van der Waals surface area contributed by atoms with Gasteiger partial charge in [-0.2, -0.15) is 13.2 Å². The van der Waals surface area contributed by atoms with E-state index < -0.39 is 17.5 Å². The molecule has 0 fully saturated rings. The first-order chi connectivity index (χ1) is 10.3. The van der Waals surface area contributed by atoms with Crippen molar-refractivity contribution in [1.29, 1.82) is 0 Å². The second-order valence-electron chi connectivity index (χ2n) is 4.49. The second kappa shape index (κ2) is 6.23. The summed E-state index contributed by atoms with van der Waals surface area (Å²) in [5, 5.41) is 9.40. The van der Waals surface area contributed by atoms with Gasteiger partial charge in [0.15, 0.2) is 5.78 Å². The molecule has 0 spiro atoms. The van der Waals surface area contributed by atoms with Gasteiger partial charge in [-0.25, -0.2) is 0 Å². The Kier molecular flexibility index (Phi) is 4.56. The van der Waals surface area contributed by atoms with E-state index in [9.17, 15) is 23.1 Å². The molecule has 2 nitrogen and oxygen atoms in total. The van der Waals surface area contributed by atoms with Crippen LogP contribution in [0.25, 0.3) is 6.08 Å². The van der Waals surface area contributed by atoms with Gasteiger partial charge in [-0.3, -0.25) is 4.79 Å². The normalized spacial score (nSPS) is 11.8. The van der Waals surface area contributed by atoms with E-state index in [1.807, 2.05) is 0 Å². The van der Waals surface area contributed by atoms with Gasteiger partial charge >= 0.3 is 6.18 Å². The zero-order valence-corrected chi connectivity index (χ0v) is 11.8. The number of allylic oxidation sites excluding steroid dienone is 1. The zero-order valence-electron chi connectivity index (χ0n) is 11.1. The van der Waals surface area contributed by atoms with Gasteiger partial charge in [-0.15, -0.1) is 0 Å². The SMILES string of the molecule is O=C(/C=C/c1ccc(O)c(Cl)c1)c1cccc(C(F)(F)F)c1. The molecule has 0 saturated heterocycles. The number of ketones is 1. The van der Waals surface area contributed by atoms with Crippen LogP contribution in [0.3, 0.4) is 0 Å². The van der Waals surface area contributed by atoms with Crippen molar-refractivity contribution in [3.63, 3.8) is 0 Å². The lowest BCUT2D eigenvalue weighted by Crippen LogP contribution is -2.06. The highest BCUT2D eigenvalue weighted by molar-refractivity contribution is 6.32. The van der Waals surface area contributed by atoms with E-state index in [0.29, 0.717) is 5.56 Å². The lowest BCUT2D eigenvalue weighted by molar-refractivity contribution is -0.137. The lowest BCUT2D eigenvalue weighted by Gasteiger charge is -2.07. The summed E-state index contributed by atoms with van der Waals surface area (Å²) in [5.41, 5.74) is -0.390. The summed E-state index contributed by atoms with van der Waals surface area (Å²) in [6.45, 7) is 0. The molecule has 2 aromatic rings. The number of carbonyl (C=O) groups excluding carboxylic acids is 1. The maximum absolute atomic E-state index is 12.6.